The van der Waals surface area contributed by atoms with Crippen molar-refractivity contribution in [3.63, 3.8) is 0 Å². The maximum absolute atomic E-state index is 11.5. The van der Waals surface area contributed by atoms with Gasteiger partial charge in [-0.3, -0.25) is 4.79 Å². The second-order valence-electron chi connectivity index (χ2n) is 5.12. The van der Waals surface area contributed by atoms with E-state index in [4.69, 9.17) is 9.84 Å². The molecule has 0 heterocycles. The van der Waals surface area contributed by atoms with Gasteiger partial charge in [-0.15, -0.1) is 0 Å². The topological polar surface area (TPSA) is 58.6 Å². The van der Waals surface area contributed by atoms with Crippen LogP contribution in [0.25, 0.3) is 0 Å². The quantitative estimate of drug-likeness (QED) is 0.649. The van der Waals surface area contributed by atoms with E-state index in [-0.39, 0.29) is 18.1 Å². The Morgan fingerprint density at radius 3 is 2.31 bits per heavy atom. The first-order chi connectivity index (χ1) is 7.31. The molecule has 0 saturated heterocycles. The molecule has 0 aromatic heterocycles. The molecule has 2 N–H and O–H groups in total. The van der Waals surface area contributed by atoms with Crippen LogP contribution in [-0.4, -0.2) is 36.9 Å². The van der Waals surface area contributed by atoms with Crippen LogP contribution in [0, 0.1) is 5.41 Å². The van der Waals surface area contributed by atoms with Crippen LogP contribution >= 0.6 is 0 Å². The Bertz CT molecular complexity index is 228. The van der Waals surface area contributed by atoms with Gasteiger partial charge in [-0.1, -0.05) is 6.92 Å². The number of nitrogens with one attached hydrogen (secondary N) is 1. The molecule has 96 valence electrons. The second kappa shape index (κ2) is 6.21. The average molecular weight is 231 g/mol. The molecule has 0 rings (SSSR count). The van der Waals surface area contributed by atoms with Crippen LogP contribution in [0.15, 0.2) is 0 Å². The molecule has 0 aliphatic heterocycles. The predicted molar refractivity (Wildman–Crippen MR) is 64.2 cm³/mol. The predicted octanol–water partition coefficient (Wildman–Crippen LogP) is 1.33. The summed E-state index contributed by atoms with van der Waals surface area (Å²) in [5.74, 6) is -0.220. The molecular weight excluding hydrogens is 206 g/mol. The van der Waals surface area contributed by atoms with Crippen molar-refractivity contribution < 1.29 is 14.6 Å². The molecule has 16 heavy (non-hydrogen) atoms. The van der Waals surface area contributed by atoms with Gasteiger partial charge in [-0.25, -0.2) is 0 Å². The third-order valence-corrected chi connectivity index (χ3v) is 3.14. The van der Waals surface area contributed by atoms with E-state index in [9.17, 15) is 4.79 Å². The molecule has 0 saturated carbocycles. The highest BCUT2D eigenvalue weighted by Crippen LogP contribution is 2.20. The molecule has 0 bridgehead atoms. The van der Waals surface area contributed by atoms with Crippen LogP contribution in [0.2, 0.25) is 0 Å². The van der Waals surface area contributed by atoms with Gasteiger partial charge in [-0.05, 0) is 33.6 Å². The number of carbonyl (C=O) groups excluding carboxylic acids is 1. The summed E-state index contributed by atoms with van der Waals surface area (Å²) in [6.07, 6.45) is 1.59. The van der Waals surface area contributed by atoms with Gasteiger partial charge in [0.1, 0.15) is 0 Å². The first-order valence-electron chi connectivity index (χ1n) is 5.75. The zero-order valence-electron chi connectivity index (χ0n) is 11.1. The standard InChI is InChI=1S/C12H25NO3/c1-6-12(4,7-8-14)13-9-11(2,3)10(15)16-5/h13-14H,6-9H2,1-5H3. The minimum absolute atomic E-state index is 0.125. The Labute approximate surface area is 98.4 Å². The summed E-state index contributed by atoms with van der Waals surface area (Å²) in [6.45, 7) is 8.51. The number of carbonyl (C=O) groups is 1. The van der Waals surface area contributed by atoms with Gasteiger partial charge in [0.2, 0.25) is 0 Å². The summed E-state index contributed by atoms with van der Waals surface area (Å²) in [5, 5.41) is 12.3. The van der Waals surface area contributed by atoms with E-state index in [0.29, 0.717) is 13.0 Å². The SMILES string of the molecule is CCC(C)(CCO)NCC(C)(C)C(=O)OC. The van der Waals surface area contributed by atoms with Gasteiger partial charge >= 0.3 is 5.97 Å². The highest BCUT2D eigenvalue weighted by atomic mass is 16.5. The van der Waals surface area contributed by atoms with E-state index >= 15 is 0 Å². The van der Waals surface area contributed by atoms with Crippen LogP contribution in [0.1, 0.15) is 40.5 Å². The van der Waals surface area contributed by atoms with Gasteiger partial charge in [0.15, 0.2) is 0 Å². The molecule has 1 atom stereocenters. The van der Waals surface area contributed by atoms with Crippen molar-refractivity contribution in [3.8, 4) is 0 Å². The number of rotatable bonds is 7. The van der Waals surface area contributed by atoms with Crippen LogP contribution < -0.4 is 5.32 Å². The largest absolute Gasteiger partial charge is 0.469 e. The Hall–Kier alpha value is -0.610. The monoisotopic (exact) mass is 231 g/mol. The number of aliphatic hydroxyl groups excluding tert-OH is 1. The number of aliphatic hydroxyl groups is 1. The van der Waals surface area contributed by atoms with E-state index in [1.54, 1.807) is 0 Å². The minimum atomic E-state index is -0.541. The molecule has 0 aliphatic carbocycles. The van der Waals surface area contributed by atoms with E-state index < -0.39 is 5.41 Å². The number of methoxy groups -OCH3 is 1. The first kappa shape index (κ1) is 15.4. The van der Waals surface area contributed by atoms with E-state index in [1.165, 1.54) is 7.11 Å². The number of hydrogen-bond acceptors (Lipinski definition) is 4. The van der Waals surface area contributed by atoms with Gasteiger partial charge in [0, 0.05) is 18.7 Å². The number of ether oxygens (including phenoxy) is 1. The van der Waals surface area contributed by atoms with Crippen LogP contribution in [-0.2, 0) is 9.53 Å². The summed E-state index contributed by atoms with van der Waals surface area (Å²) < 4.78 is 4.75. The molecule has 0 fully saturated rings. The Morgan fingerprint density at radius 1 is 1.38 bits per heavy atom. The normalized spacial score (nSPS) is 15.6. The second-order valence-corrected chi connectivity index (χ2v) is 5.12. The van der Waals surface area contributed by atoms with Crippen LogP contribution in [0.5, 0.6) is 0 Å². The molecule has 4 heteroatoms. The van der Waals surface area contributed by atoms with Crippen molar-refractivity contribution in [2.24, 2.45) is 5.41 Å². The highest BCUT2D eigenvalue weighted by Gasteiger charge is 2.31. The third-order valence-electron chi connectivity index (χ3n) is 3.14. The van der Waals surface area contributed by atoms with E-state index in [1.807, 2.05) is 13.8 Å². The third kappa shape index (κ3) is 4.49. The summed E-state index contributed by atoms with van der Waals surface area (Å²) in [7, 11) is 1.40. The lowest BCUT2D eigenvalue weighted by molar-refractivity contribution is -0.150. The van der Waals surface area contributed by atoms with Crippen molar-refractivity contribution in [2.75, 3.05) is 20.3 Å². The van der Waals surface area contributed by atoms with Crippen molar-refractivity contribution in [3.05, 3.63) is 0 Å². The molecule has 0 spiro atoms. The number of hydrogen-bond donors (Lipinski definition) is 2. The summed E-state index contributed by atoms with van der Waals surface area (Å²) >= 11 is 0. The fraction of sp³-hybridized carbons (Fsp3) is 0.917. The highest BCUT2D eigenvalue weighted by molar-refractivity contribution is 5.76. The molecule has 0 aliphatic rings. The Balaban J connectivity index is 4.35. The molecule has 0 aromatic rings. The smallest absolute Gasteiger partial charge is 0.312 e. The summed E-state index contributed by atoms with van der Waals surface area (Å²) in [6, 6.07) is 0. The van der Waals surface area contributed by atoms with E-state index in [0.717, 1.165) is 6.42 Å². The van der Waals surface area contributed by atoms with Gasteiger partial charge in [0.05, 0.1) is 12.5 Å². The maximum atomic E-state index is 11.5. The van der Waals surface area contributed by atoms with Crippen LogP contribution in [0.4, 0.5) is 0 Å². The van der Waals surface area contributed by atoms with Crippen molar-refractivity contribution in [2.45, 2.75) is 46.1 Å². The minimum Gasteiger partial charge on any atom is -0.469 e. The summed E-state index contributed by atoms with van der Waals surface area (Å²) in [4.78, 5) is 11.5. The lowest BCUT2D eigenvalue weighted by atomic mass is 9.89. The Kier molecular flexibility index (Phi) is 5.97. The van der Waals surface area contributed by atoms with Crippen LogP contribution in [0.3, 0.4) is 0 Å². The van der Waals surface area contributed by atoms with Crippen molar-refractivity contribution in [1.82, 2.24) is 5.32 Å². The Morgan fingerprint density at radius 2 is 1.94 bits per heavy atom. The molecule has 1 unspecified atom stereocenters. The molecule has 0 aromatic carbocycles. The lowest BCUT2D eigenvalue weighted by Crippen LogP contribution is -2.48. The van der Waals surface area contributed by atoms with Crippen molar-refractivity contribution in [1.29, 1.82) is 0 Å². The fourth-order valence-corrected chi connectivity index (χ4v) is 1.42. The zero-order valence-corrected chi connectivity index (χ0v) is 11.1. The van der Waals surface area contributed by atoms with Crippen molar-refractivity contribution >= 4 is 5.97 Å². The molecule has 4 nitrogen and oxygen atoms in total. The average Bonchev–Trinajstić information content (AvgIpc) is 2.26. The maximum Gasteiger partial charge on any atom is 0.312 e. The molecule has 0 radical (unpaired) electrons. The first-order valence-corrected chi connectivity index (χ1v) is 5.75. The fourth-order valence-electron chi connectivity index (χ4n) is 1.42. The van der Waals surface area contributed by atoms with Gasteiger partial charge in [-0.2, -0.15) is 0 Å². The van der Waals surface area contributed by atoms with Gasteiger partial charge in [0.25, 0.3) is 0 Å². The van der Waals surface area contributed by atoms with Gasteiger partial charge < -0.3 is 15.2 Å². The lowest BCUT2D eigenvalue weighted by Gasteiger charge is -2.33. The molecule has 0 amide bonds. The molecular formula is C12H25NO3. The summed E-state index contributed by atoms with van der Waals surface area (Å²) in [5.41, 5.74) is -0.666. The number of esters is 1. The zero-order chi connectivity index (χ0) is 12.8. The van der Waals surface area contributed by atoms with E-state index in [2.05, 4.69) is 19.2 Å².